The molecule has 12 heteroatoms. The first-order valence-electron chi connectivity index (χ1n) is 10.9. The van der Waals surface area contributed by atoms with Crippen molar-refractivity contribution in [1.29, 1.82) is 0 Å². The van der Waals surface area contributed by atoms with Gasteiger partial charge in [-0.05, 0) is 22.5 Å². The van der Waals surface area contributed by atoms with Gasteiger partial charge in [0.15, 0.2) is 0 Å². The average Bonchev–Trinajstić information content (AvgIpc) is 3.46. The zero-order valence-corrected chi connectivity index (χ0v) is 20.1. The molecule has 0 unspecified atom stereocenters. The molecular weight excluding hydrogens is 486 g/mol. The molecule has 178 valence electrons. The van der Waals surface area contributed by atoms with Crippen LogP contribution >= 0.6 is 22.7 Å². The SMILES string of the molecule is O=C(Cc1ccccc1)Nc1nnc(OC2CN(c3nnc(NC(=O)Cc4ccccc4)s3)C2)s1. The van der Waals surface area contributed by atoms with E-state index in [0.717, 1.165) is 11.1 Å². The van der Waals surface area contributed by atoms with Gasteiger partial charge in [-0.25, -0.2) is 0 Å². The van der Waals surface area contributed by atoms with Gasteiger partial charge in [0.25, 0.3) is 5.19 Å². The van der Waals surface area contributed by atoms with Gasteiger partial charge in [-0.2, -0.15) is 0 Å². The molecule has 0 spiro atoms. The van der Waals surface area contributed by atoms with Gasteiger partial charge in [-0.1, -0.05) is 77.1 Å². The number of amides is 2. The molecule has 2 aromatic heterocycles. The fourth-order valence-corrected chi connectivity index (χ4v) is 4.86. The highest BCUT2D eigenvalue weighted by Gasteiger charge is 2.32. The van der Waals surface area contributed by atoms with Gasteiger partial charge in [0, 0.05) is 0 Å². The summed E-state index contributed by atoms with van der Waals surface area (Å²) in [5, 5.41) is 23.7. The zero-order chi connectivity index (χ0) is 24.0. The molecule has 0 atom stereocenters. The van der Waals surface area contributed by atoms with E-state index in [1.54, 1.807) is 0 Å². The second-order valence-corrected chi connectivity index (χ2v) is 9.72. The summed E-state index contributed by atoms with van der Waals surface area (Å²) in [5.74, 6) is -0.289. The monoisotopic (exact) mass is 507 g/mol. The van der Waals surface area contributed by atoms with Crippen molar-refractivity contribution in [3.05, 3.63) is 71.8 Å². The standard InChI is InChI=1S/C23H21N7O3S2/c31-18(11-15-7-3-1-4-8-15)24-20-26-28-22(34-20)30-13-17(14-30)33-23-29-27-21(35-23)25-19(32)12-16-9-5-2-6-10-16/h1-10,17H,11-14H2,(H,24,26,31)(H,25,27,32). The smallest absolute Gasteiger partial charge is 0.296 e. The third-order valence-electron chi connectivity index (χ3n) is 5.11. The molecule has 10 nitrogen and oxygen atoms in total. The number of aromatic nitrogens is 4. The van der Waals surface area contributed by atoms with Crippen LogP contribution in [0, 0.1) is 0 Å². The molecule has 1 saturated heterocycles. The summed E-state index contributed by atoms with van der Waals surface area (Å²) in [7, 11) is 0. The molecule has 1 aliphatic heterocycles. The predicted molar refractivity (Wildman–Crippen MR) is 134 cm³/mol. The first kappa shape index (κ1) is 22.9. The van der Waals surface area contributed by atoms with Crippen LogP contribution in [0.2, 0.25) is 0 Å². The van der Waals surface area contributed by atoms with E-state index in [9.17, 15) is 9.59 Å². The number of carbonyl (C=O) groups is 2. The topological polar surface area (TPSA) is 122 Å². The molecule has 2 N–H and O–H groups in total. The molecule has 5 rings (SSSR count). The predicted octanol–water partition coefficient (Wildman–Crippen LogP) is 3.02. The van der Waals surface area contributed by atoms with E-state index >= 15 is 0 Å². The van der Waals surface area contributed by atoms with E-state index in [2.05, 4.69) is 31.0 Å². The number of hydrogen-bond donors (Lipinski definition) is 2. The lowest BCUT2D eigenvalue weighted by atomic mass is 10.1. The summed E-state index contributed by atoms with van der Waals surface area (Å²) in [6.45, 7) is 1.23. The van der Waals surface area contributed by atoms with Gasteiger partial charge in [-0.15, -0.1) is 15.3 Å². The number of nitrogens with one attached hydrogen (secondary N) is 2. The van der Waals surface area contributed by atoms with Gasteiger partial charge in [0.2, 0.25) is 27.2 Å². The van der Waals surface area contributed by atoms with Crippen LogP contribution in [0.25, 0.3) is 0 Å². The second kappa shape index (κ2) is 10.6. The molecule has 2 aromatic carbocycles. The van der Waals surface area contributed by atoms with Crippen molar-refractivity contribution in [2.24, 2.45) is 0 Å². The van der Waals surface area contributed by atoms with Crippen molar-refractivity contribution >= 4 is 49.9 Å². The Morgan fingerprint density at radius 2 is 1.34 bits per heavy atom. The minimum Gasteiger partial charge on any atom is -0.462 e. The van der Waals surface area contributed by atoms with Crippen molar-refractivity contribution < 1.29 is 14.3 Å². The molecule has 0 radical (unpaired) electrons. The van der Waals surface area contributed by atoms with E-state index in [0.29, 0.717) is 33.7 Å². The first-order chi connectivity index (χ1) is 17.1. The van der Waals surface area contributed by atoms with E-state index in [4.69, 9.17) is 4.74 Å². The van der Waals surface area contributed by atoms with Gasteiger partial charge < -0.3 is 20.3 Å². The highest BCUT2D eigenvalue weighted by atomic mass is 32.1. The van der Waals surface area contributed by atoms with Crippen LogP contribution in [0.4, 0.5) is 15.4 Å². The second-order valence-electron chi connectivity index (χ2n) is 7.83. The summed E-state index contributed by atoms with van der Waals surface area (Å²) in [5.41, 5.74) is 1.87. The van der Waals surface area contributed by atoms with E-state index in [-0.39, 0.29) is 30.8 Å². The molecule has 1 fully saturated rings. The lowest BCUT2D eigenvalue weighted by Crippen LogP contribution is -2.54. The van der Waals surface area contributed by atoms with Gasteiger partial charge in [0.1, 0.15) is 6.10 Å². The van der Waals surface area contributed by atoms with Crippen molar-refractivity contribution in [2.45, 2.75) is 18.9 Å². The minimum absolute atomic E-state index is 0.0733. The number of benzene rings is 2. The highest BCUT2D eigenvalue weighted by molar-refractivity contribution is 7.19. The largest absolute Gasteiger partial charge is 0.462 e. The number of ether oxygens (including phenoxy) is 1. The maximum atomic E-state index is 12.2. The third kappa shape index (κ3) is 6.16. The molecular formula is C23H21N7O3S2. The van der Waals surface area contributed by atoms with Crippen LogP contribution in [-0.4, -0.2) is 51.4 Å². The minimum atomic E-state index is -0.156. The maximum Gasteiger partial charge on any atom is 0.296 e. The molecule has 4 aromatic rings. The lowest BCUT2D eigenvalue weighted by molar-refractivity contribution is -0.116. The van der Waals surface area contributed by atoms with Crippen molar-refractivity contribution in [1.82, 2.24) is 20.4 Å². The van der Waals surface area contributed by atoms with Crippen LogP contribution in [0.1, 0.15) is 11.1 Å². The normalized spacial score (nSPS) is 13.2. The average molecular weight is 508 g/mol. The van der Waals surface area contributed by atoms with E-state index in [1.807, 2.05) is 65.6 Å². The Kier molecular flexibility index (Phi) is 6.91. The number of nitrogens with zero attached hydrogens (tertiary/aromatic N) is 5. The summed E-state index contributed by atoms with van der Waals surface area (Å²) >= 11 is 2.51. The highest BCUT2D eigenvalue weighted by Crippen LogP contribution is 2.30. The first-order valence-corrected chi connectivity index (χ1v) is 12.5. The number of rotatable bonds is 9. The summed E-state index contributed by atoms with van der Waals surface area (Å²) in [6.07, 6.45) is 0.479. The van der Waals surface area contributed by atoms with Crippen molar-refractivity contribution in [3.63, 3.8) is 0 Å². The molecule has 2 amide bonds. The molecule has 1 aliphatic rings. The van der Waals surface area contributed by atoms with Crippen molar-refractivity contribution in [3.8, 4) is 5.19 Å². The van der Waals surface area contributed by atoms with Crippen LogP contribution < -0.4 is 20.3 Å². The van der Waals surface area contributed by atoms with Crippen LogP contribution in [0.15, 0.2) is 60.7 Å². The fraction of sp³-hybridized carbons (Fsp3) is 0.217. The molecule has 3 heterocycles. The number of anilines is 3. The Balaban J connectivity index is 1.05. The van der Waals surface area contributed by atoms with Crippen LogP contribution in [0.3, 0.4) is 0 Å². The Morgan fingerprint density at radius 3 is 1.94 bits per heavy atom. The fourth-order valence-electron chi connectivity index (χ4n) is 3.40. The van der Waals surface area contributed by atoms with E-state index in [1.165, 1.54) is 22.7 Å². The van der Waals surface area contributed by atoms with Gasteiger partial charge in [-0.3, -0.25) is 9.59 Å². The summed E-state index contributed by atoms with van der Waals surface area (Å²) in [4.78, 5) is 26.4. The van der Waals surface area contributed by atoms with Crippen LogP contribution in [-0.2, 0) is 22.4 Å². The number of carbonyl (C=O) groups excluding carboxylic acids is 2. The molecule has 35 heavy (non-hydrogen) atoms. The number of hydrogen-bond acceptors (Lipinski definition) is 10. The molecule has 0 saturated carbocycles. The van der Waals surface area contributed by atoms with Gasteiger partial charge >= 0.3 is 0 Å². The quantitative estimate of drug-likeness (QED) is 0.355. The van der Waals surface area contributed by atoms with Gasteiger partial charge in [0.05, 0.1) is 25.9 Å². The summed E-state index contributed by atoms with van der Waals surface area (Å²) < 4.78 is 5.86. The maximum absolute atomic E-state index is 12.2. The lowest BCUT2D eigenvalue weighted by Gasteiger charge is -2.37. The Labute approximate surface area is 209 Å². The van der Waals surface area contributed by atoms with E-state index < -0.39 is 0 Å². The Bertz CT molecular complexity index is 1290. The Hall–Kier alpha value is -3.90. The van der Waals surface area contributed by atoms with Crippen LogP contribution in [0.5, 0.6) is 5.19 Å². The summed E-state index contributed by atoms with van der Waals surface area (Å²) in [6, 6.07) is 19.0. The van der Waals surface area contributed by atoms with Crippen molar-refractivity contribution in [2.75, 3.05) is 28.6 Å². The zero-order valence-electron chi connectivity index (χ0n) is 18.5. The molecule has 0 bridgehead atoms. The third-order valence-corrected chi connectivity index (χ3v) is 6.74. The Morgan fingerprint density at radius 1 is 0.800 bits per heavy atom. The molecule has 0 aliphatic carbocycles.